The number of hydrogen-bond acceptors (Lipinski definition) is 1. The van der Waals surface area contributed by atoms with Gasteiger partial charge in [0, 0.05) is 11.1 Å². The molecule has 0 heterocycles. The Balaban J connectivity index is 0.00000264. The van der Waals surface area contributed by atoms with Crippen molar-refractivity contribution in [3.8, 4) is 0 Å². The molecule has 1 aromatic carbocycles. The molecule has 126 valence electrons. The summed E-state index contributed by atoms with van der Waals surface area (Å²) in [5.74, 6) is 1.26. The van der Waals surface area contributed by atoms with Gasteiger partial charge in [-0.25, -0.2) is 4.79 Å². The van der Waals surface area contributed by atoms with E-state index in [4.69, 9.17) is 17.3 Å². The van der Waals surface area contributed by atoms with Crippen molar-refractivity contribution in [2.45, 2.75) is 38.6 Å². The van der Waals surface area contributed by atoms with Crippen molar-refractivity contribution < 1.29 is 4.79 Å². The Bertz CT molecular complexity index is 579. The summed E-state index contributed by atoms with van der Waals surface area (Å²) in [6, 6.07) is 7.15. The van der Waals surface area contributed by atoms with Crippen LogP contribution in [0.3, 0.4) is 0 Å². The molecule has 1 aromatic rings. The van der Waals surface area contributed by atoms with Crippen LogP contribution in [0.5, 0.6) is 0 Å². The molecule has 0 aliphatic heterocycles. The van der Waals surface area contributed by atoms with Crippen LogP contribution in [0.4, 0.5) is 4.79 Å². The zero-order chi connectivity index (χ0) is 15.9. The van der Waals surface area contributed by atoms with Crippen LogP contribution in [-0.2, 0) is 0 Å². The van der Waals surface area contributed by atoms with Gasteiger partial charge in [-0.3, -0.25) is 0 Å². The Morgan fingerprint density at radius 1 is 1.30 bits per heavy atom. The fourth-order valence-electron chi connectivity index (χ4n) is 2.63. The molecule has 2 amide bonds. The van der Waals surface area contributed by atoms with E-state index in [1.54, 1.807) is 6.08 Å². The predicted molar refractivity (Wildman–Crippen MR) is 99.3 cm³/mol. The average Bonchev–Trinajstić information content (AvgIpc) is 2.48. The van der Waals surface area contributed by atoms with Gasteiger partial charge >= 0.3 is 6.03 Å². The highest BCUT2D eigenvalue weighted by Crippen LogP contribution is 2.23. The second-order valence-corrected chi connectivity index (χ2v) is 6.20. The lowest BCUT2D eigenvalue weighted by molar-refractivity contribution is 0.256. The first-order valence-corrected chi connectivity index (χ1v) is 7.99. The first-order valence-electron chi connectivity index (χ1n) is 7.62. The molecule has 0 aromatic heterocycles. The third kappa shape index (κ3) is 6.63. The third-order valence-electron chi connectivity index (χ3n) is 3.92. The number of aliphatic imine (C=N–C) groups is 1. The Morgan fingerprint density at radius 2 is 1.96 bits per heavy atom. The standard InChI is InChI=1S/C17H22ClN3O.ClH/c1-12-6-9-14(10-7-12)20-16(21-17(19)22)11-8-13-4-2-3-5-15(13)18;/h2-5,8,11-12,14H,6-7,9-10H2,1H3,(H3,19,20,21,22);1H/b11-8+;. The maximum atomic E-state index is 11.1. The lowest BCUT2D eigenvalue weighted by Gasteiger charge is -2.27. The number of amides is 2. The van der Waals surface area contributed by atoms with E-state index >= 15 is 0 Å². The van der Waals surface area contributed by atoms with E-state index in [9.17, 15) is 4.79 Å². The predicted octanol–water partition coefficient (Wildman–Crippen LogP) is 4.42. The number of nitrogens with one attached hydrogen (secondary N) is 1. The second-order valence-electron chi connectivity index (χ2n) is 5.79. The molecular weight excluding hydrogens is 333 g/mol. The summed E-state index contributed by atoms with van der Waals surface area (Å²) < 4.78 is 0. The summed E-state index contributed by atoms with van der Waals surface area (Å²) in [7, 11) is 0. The molecule has 0 saturated heterocycles. The summed E-state index contributed by atoms with van der Waals surface area (Å²) in [5, 5.41) is 3.97. The average molecular weight is 356 g/mol. The Hall–Kier alpha value is -1.52. The normalized spacial score (nSPS) is 21.7. The van der Waals surface area contributed by atoms with E-state index in [1.807, 2.05) is 30.3 Å². The van der Waals surface area contributed by atoms with Crippen LogP contribution in [0, 0.1) is 5.92 Å². The number of primary amides is 1. The number of benzene rings is 1. The minimum Gasteiger partial charge on any atom is -0.367 e. The van der Waals surface area contributed by atoms with E-state index in [1.165, 1.54) is 12.8 Å². The van der Waals surface area contributed by atoms with Crippen molar-refractivity contribution >= 4 is 42.0 Å². The van der Waals surface area contributed by atoms with Crippen molar-refractivity contribution in [3.05, 3.63) is 40.9 Å². The smallest absolute Gasteiger partial charge is 0.340 e. The number of carbonyl (C=O) groups is 1. The minimum atomic E-state index is -0.699. The van der Waals surface area contributed by atoms with Crippen molar-refractivity contribution in [1.82, 2.24) is 5.32 Å². The van der Waals surface area contributed by atoms with Gasteiger partial charge in [0.05, 0.1) is 0 Å². The Kier molecular flexibility index (Phi) is 8.13. The van der Waals surface area contributed by atoms with E-state index < -0.39 is 6.03 Å². The number of urea groups is 1. The van der Waals surface area contributed by atoms with Gasteiger partial charge in [0.2, 0.25) is 0 Å². The van der Waals surface area contributed by atoms with Gasteiger partial charge in [0.15, 0.2) is 0 Å². The maximum Gasteiger partial charge on any atom is 0.340 e. The number of halogens is 2. The van der Waals surface area contributed by atoms with Gasteiger partial charge in [-0.1, -0.05) is 36.7 Å². The van der Waals surface area contributed by atoms with Crippen molar-refractivity contribution in [2.75, 3.05) is 0 Å². The Morgan fingerprint density at radius 3 is 2.57 bits per heavy atom. The van der Waals surface area contributed by atoms with Crippen LogP contribution in [-0.4, -0.2) is 17.9 Å². The molecule has 23 heavy (non-hydrogen) atoms. The topological polar surface area (TPSA) is 67.5 Å². The third-order valence-corrected chi connectivity index (χ3v) is 4.27. The number of hydrogen-bond donors (Lipinski definition) is 2. The van der Waals surface area contributed by atoms with E-state index in [-0.39, 0.29) is 12.4 Å². The zero-order valence-corrected chi connectivity index (χ0v) is 14.7. The first kappa shape index (κ1) is 19.5. The number of nitrogens with two attached hydrogens (primary N) is 1. The van der Waals surface area contributed by atoms with Crippen LogP contribution in [0.2, 0.25) is 5.02 Å². The molecular formula is C17H23Cl2N3O. The number of carbonyl (C=O) groups excluding carboxylic acids is 1. The van der Waals surface area contributed by atoms with Crippen molar-refractivity contribution in [1.29, 1.82) is 0 Å². The molecule has 0 bridgehead atoms. The highest BCUT2D eigenvalue weighted by molar-refractivity contribution is 6.32. The lowest BCUT2D eigenvalue weighted by atomic mass is 9.87. The van der Waals surface area contributed by atoms with Crippen molar-refractivity contribution in [2.24, 2.45) is 16.6 Å². The molecule has 1 aliphatic rings. The second kappa shape index (κ2) is 9.58. The summed E-state index contributed by atoms with van der Waals surface area (Å²) in [5.41, 5.74) is 6.07. The molecule has 0 atom stereocenters. The molecule has 0 radical (unpaired) electrons. The number of amidine groups is 1. The maximum absolute atomic E-state index is 11.1. The van der Waals surface area contributed by atoms with Crippen LogP contribution in [0.1, 0.15) is 38.2 Å². The Labute approximate surface area is 148 Å². The van der Waals surface area contributed by atoms with Crippen LogP contribution in [0.15, 0.2) is 35.3 Å². The molecule has 6 heteroatoms. The number of rotatable bonds is 3. The molecule has 3 N–H and O–H groups in total. The lowest BCUT2D eigenvalue weighted by Crippen LogP contribution is -2.37. The van der Waals surface area contributed by atoms with Crippen LogP contribution in [0.25, 0.3) is 6.08 Å². The first-order chi connectivity index (χ1) is 10.5. The van der Waals surface area contributed by atoms with Gasteiger partial charge in [-0.15, -0.1) is 12.4 Å². The van der Waals surface area contributed by atoms with Gasteiger partial charge in [-0.05, 0) is 55.4 Å². The zero-order valence-electron chi connectivity index (χ0n) is 13.2. The van der Waals surface area contributed by atoms with E-state index in [0.29, 0.717) is 16.9 Å². The molecule has 1 aliphatic carbocycles. The summed E-state index contributed by atoms with van der Waals surface area (Å²) in [6.07, 6.45) is 8.13. The van der Waals surface area contributed by atoms with Crippen LogP contribution < -0.4 is 11.1 Å². The quantitative estimate of drug-likeness (QED) is 0.622. The summed E-state index contributed by atoms with van der Waals surface area (Å²) in [6.45, 7) is 2.27. The van der Waals surface area contributed by atoms with Gasteiger partial charge in [0.25, 0.3) is 0 Å². The van der Waals surface area contributed by atoms with Crippen LogP contribution >= 0.6 is 24.0 Å². The van der Waals surface area contributed by atoms with Crippen molar-refractivity contribution in [3.63, 3.8) is 0 Å². The molecule has 1 fully saturated rings. The summed E-state index contributed by atoms with van der Waals surface area (Å²) in [4.78, 5) is 15.0. The minimum absolute atomic E-state index is 0. The molecule has 2 rings (SSSR count). The SMILES string of the molecule is CC1CCC(NC(/C=C/c2ccccc2Cl)=N/C(N)=O)CC1.Cl. The van der Waals surface area contributed by atoms with E-state index in [0.717, 1.165) is 24.3 Å². The highest BCUT2D eigenvalue weighted by Gasteiger charge is 2.18. The molecule has 0 spiro atoms. The monoisotopic (exact) mass is 355 g/mol. The fraction of sp³-hybridized carbons (Fsp3) is 0.412. The fourth-order valence-corrected chi connectivity index (χ4v) is 2.83. The van der Waals surface area contributed by atoms with Gasteiger partial charge in [-0.2, -0.15) is 4.99 Å². The molecule has 1 saturated carbocycles. The largest absolute Gasteiger partial charge is 0.367 e. The molecule has 0 unspecified atom stereocenters. The summed E-state index contributed by atoms with van der Waals surface area (Å²) >= 11 is 6.12. The highest BCUT2D eigenvalue weighted by atomic mass is 35.5. The number of nitrogens with zero attached hydrogens (tertiary/aromatic N) is 1. The molecule has 4 nitrogen and oxygen atoms in total. The van der Waals surface area contributed by atoms with Gasteiger partial charge in [0.1, 0.15) is 5.84 Å². The van der Waals surface area contributed by atoms with Gasteiger partial charge < -0.3 is 11.1 Å². The van der Waals surface area contributed by atoms with E-state index in [2.05, 4.69) is 17.2 Å².